The number of aromatic nitrogens is 3. The van der Waals surface area contributed by atoms with Crippen molar-refractivity contribution in [3.8, 4) is 0 Å². The lowest BCUT2D eigenvalue weighted by Crippen LogP contribution is -2.15. The molecule has 19 heavy (non-hydrogen) atoms. The SMILES string of the molecule is CC(C)Cn1ncnc1CC(=O)Cc1ccccc1. The first-order valence-electron chi connectivity index (χ1n) is 6.57. The average molecular weight is 257 g/mol. The summed E-state index contributed by atoms with van der Waals surface area (Å²) in [7, 11) is 0. The molecule has 0 radical (unpaired) electrons. The summed E-state index contributed by atoms with van der Waals surface area (Å²) in [6, 6.07) is 9.79. The van der Waals surface area contributed by atoms with Crippen LogP contribution in [0.5, 0.6) is 0 Å². The van der Waals surface area contributed by atoms with E-state index in [0.717, 1.165) is 17.9 Å². The minimum Gasteiger partial charge on any atom is -0.299 e. The van der Waals surface area contributed by atoms with E-state index in [9.17, 15) is 4.79 Å². The third-order valence-corrected chi connectivity index (χ3v) is 2.83. The van der Waals surface area contributed by atoms with Gasteiger partial charge >= 0.3 is 0 Å². The number of hydrogen-bond donors (Lipinski definition) is 0. The second-order valence-corrected chi connectivity index (χ2v) is 5.13. The van der Waals surface area contributed by atoms with Gasteiger partial charge in [0.05, 0.1) is 6.42 Å². The van der Waals surface area contributed by atoms with E-state index >= 15 is 0 Å². The van der Waals surface area contributed by atoms with E-state index in [1.807, 2.05) is 35.0 Å². The molecule has 4 heteroatoms. The molecule has 0 atom stereocenters. The molecule has 0 N–H and O–H groups in total. The van der Waals surface area contributed by atoms with Crippen LogP contribution < -0.4 is 0 Å². The molecule has 0 fully saturated rings. The van der Waals surface area contributed by atoms with Gasteiger partial charge < -0.3 is 0 Å². The third-order valence-electron chi connectivity index (χ3n) is 2.83. The summed E-state index contributed by atoms with van der Waals surface area (Å²) in [5, 5.41) is 4.17. The van der Waals surface area contributed by atoms with E-state index in [0.29, 0.717) is 18.8 Å². The van der Waals surface area contributed by atoms with E-state index in [2.05, 4.69) is 23.9 Å². The summed E-state index contributed by atoms with van der Waals surface area (Å²) in [6.07, 6.45) is 2.32. The van der Waals surface area contributed by atoms with Gasteiger partial charge in [-0.25, -0.2) is 9.67 Å². The van der Waals surface area contributed by atoms with Crippen molar-refractivity contribution in [2.75, 3.05) is 0 Å². The molecule has 2 aromatic rings. The minimum atomic E-state index is 0.171. The van der Waals surface area contributed by atoms with Crippen molar-refractivity contribution >= 4 is 5.78 Å². The topological polar surface area (TPSA) is 47.8 Å². The van der Waals surface area contributed by atoms with Crippen LogP contribution in [0.2, 0.25) is 0 Å². The van der Waals surface area contributed by atoms with Gasteiger partial charge in [0.2, 0.25) is 0 Å². The van der Waals surface area contributed by atoms with Crippen molar-refractivity contribution in [2.45, 2.75) is 33.2 Å². The van der Waals surface area contributed by atoms with Crippen molar-refractivity contribution in [3.05, 3.63) is 48.0 Å². The monoisotopic (exact) mass is 257 g/mol. The van der Waals surface area contributed by atoms with Crippen LogP contribution in [-0.4, -0.2) is 20.5 Å². The largest absolute Gasteiger partial charge is 0.299 e. The average Bonchev–Trinajstić information content (AvgIpc) is 2.77. The van der Waals surface area contributed by atoms with Crippen molar-refractivity contribution in [3.63, 3.8) is 0 Å². The van der Waals surface area contributed by atoms with Crippen LogP contribution in [0.15, 0.2) is 36.7 Å². The van der Waals surface area contributed by atoms with Crippen LogP contribution in [0, 0.1) is 5.92 Å². The quantitative estimate of drug-likeness (QED) is 0.797. The normalized spacial score (nSPS) is 10.9. The van der Waals surface area contributed by atoms with Crippen LogP contribution in [-0.2, 0) is 24.2 Å². The molecule has 0 aliphatic carbocycles. The summed E-state index contributed by atoms with van der Waals surface area (Å²) in [5.41, 5.74) is 1.04. The summed E-state index contributed by atoms with van der Waals surface area (Å²) in [4.78, 5) is 16.2. The first-order chi connectivity index (χ1) is 9.15. The van der Waals surface area contributed by atoms with Gasteiger partial charge in [-0.05, 0) is 11.5 Å². The zero-order chi connectivity index (χ0) is 13.7. The molecule has 4 nitrogen and oxygen atoms in total. The Morgan fingerprint density at radius 3 is 2.63 bits per heavy atom. The number of ketones is 1. The zero-order valence-corrected chi connectivity index (χ0v) is 11.4. The summed E-state index contributed by atoms with van der Waals surface area (Å²) >= 11 is 0. The van der Waals surface area contributed by atoms with E-state index < -0.39 is 0 Å². The fourth-order valence-electron chi connectivity index (χ4n) is 1.99. The fourth-order valence-corrected chi connectivity index (χ4v) is 1.99. The maximum Gasteiger partial charge on any atom is 0.144 e. The van der Waals surface area contributed by atoms with E-state index in [1.54, 1.807) is 0 Å². The first kappa shape index (κ1) is 13.5. The Kier molecular flexibility index (Phi) is 4.44. The lowest BCUT2D eigenvalue weighted by molar-refractivity contribution is -0.117. The highest BCUT2D eigenvalue weighted by Crippen LogP contribution is 2.06. The van der Waals surface area contributed by atoms with Gasteiger partial charge in [0.15, 0.2) is 0 Å². The summed E-state index contributed by atoms with van der Waals surface area (Å²) in [5.74, 6) is 1.42. The number of carbonyl (C=O) groups excluding carboxylic acids is 1. The summed E-state index contributed by atoms with van der Waals surface area (Å²) in [6.45, 7) is 5.04. The fraction of sp³-hybridized carbons (Fsp3) is 0.400. The maximum atomic E-state index is 12.0. The molecule has 1 aromatic heterocycles. The second kappa shape index (κ2) is 6.27. The smallest absolute Gasteiger partial charge is 0.144 e. The highest BCUT2D eigenvalue weighted by Gasteiger charge is 2.11. The molecule has 0 aliphatic heterocycles. The Labute approximate surface area is 113 Å². The number of nitrogens with zero attached hydrogens (tertiary/aromatic N) is 3. The molecule has 0 saturated heterocycles. The third kappa shape index (κ3) is 4.02. The molecule has 0 aliphatic rings. The van der Waals surface area contributed by atoms with E-state index in [-0.39, 0.29) is 5.78 Å². The Bertz CT molecular complexity index is 531. The standard InChI is InChI=1S/C15H19N3O/c1-12(2)10-18-15(16-11-17-18)9-14(19)8-13-6-4-3-5-7-13/h3-7,11-12H,8-10H2,1-2H3. The number of hydrogen-bond acceptors (Lipinski definition) is 3. The van der Waals surface area contributed by atoms with Gasteiger partial charge in [-0.2, -0.15) is 5.10 Å². The highest BCUT2D eigenvalue weighted by atomic mass is 16.1. The molecule has 0 spiro atoms. The van der Waals surface area contributed by atoms with Crippen molar-refractivity contribution < 1.29 is 4.79 Å². The first-order valence-corrected chi connectivity index (χ1v) is 6.57. The molecule has 0 saturated carbocycles. The molecule has 100 valence electrons. The Morgan fingerprint density at radius 2 is 1.95 bits per heavy atom. The van der Waals surface area contributed by atoms with Gasteiger partial charge in [-0.15, -0.1) is 0 Å². The molecule has 2 rings (SSSR count). The molecule has 0 unspecified atom stereocenters. The van der Waals surface area contributed by atoms with Gasteiger partial charge in [0.1, 0.15) is 17.9 Å². The lowest BCUT2D eigenvalue weighted by Gasteiger charge is -2.08. The molecular weight excluding hydrogens is 238 g/mol. The van der Waals surface area contributed by atoms with Crippen LogP contribution in [0.4, 0.5) is 0 Å². The number of Topliss-reactive ketones (excluding diaryl/α,β-unsaturated/α-hetero) is 1. The molecule has 1 heterocycles. The second-order valence-electron chi connectivity index (χ2n) is 5.13. The van der Waals surface area contributed by atoms with Crippen LogP contribution in [0.25, 0.3) is 0 Å². The Hall–Kier alpha value is -1.97. The van der Waals surface area contributed by atoms with E-state index in [4.69, 9.17) is 0 Å². The molecule has 0 bridgehead atoms. The number of benzene rings is 1. The predicted octanol–water partition coefficient (Wildman–Crippen LogP) is 2.29. The van der Waals surface area contributed by atoms with Crippen LogP contribution in [0.3, 0.4) is 0 Å². The Morgan fingerprint density at radius 1 is 1.21 bits per heavy atom. The van der Waals surface area contributed by atoms with Crippen LogP contribution in [0.1, 0.15) is 25.2 Å². The number of carbonyl (C=O) groups is 1. The Balaban J connectivity index is 1.97. The van der Waals surface area contributed by atoms with Crippen LogP contribution >= 0.6 is 0 Å². The summed E-state index contributed by atoms with van der Waals surface area (Å²) < 4.78 is 1.83. The molecule has 1 aromatic carbocycles. The minimum absolute atomic E-state index is 0.171. The maximum absolute atomic E-state index is 12.0. The van der Waals surface area contributed by atoms with Gasteiger partial charge in [0, 0.05) is 13.0 Å². The van der Waals surface area contributed by atoms with Crippen molar-refractivity contribution in [1.29, 1.82) is 0 Å². The predicted molar refractivity (Wildman–Crippen MR) is 73.7 cm³/mol. The van der Waals surface area contributed by atoms with Gasteiger partial charge in [-0.3, -0.25) is 4.79 Å². The zero-order valence-electron chi connectivity index (χ0n) is 11.4. The van der Waals surface area contributed by atoms with Gasteiger partial charge in [0.25, 0.3) is 0 Å². The van der Waals surface area contributed by atoms with Gasteiger partial charge in [-0.1, -0.05) is 44.2 Å². The lowest BCUT2D eigenvalue weighted by atomic mass is 10.1. The highest BCUT2D eigenvalue weighted by molar-refractivity contribution is 5.82. The number of rotatable bonds is 6. The molecule has 0 amide bonds. The van der Waals surface area contributed by atoms with Crippen molar-refractivity contribution in [2.24, 2.45) is 5.92 Å². The van der Waals surface area contributed by atoms with E-state index in [1.165, 1.54) is 6.33 Å². The van der Waals surface area contributed by atoms with Crippen molar-refractivity contribution in [1.82, 2.24) is 14.8 Å². The molecular formula is C15H19N3O.